The van der Waals surface area contributed by atoms with Crippen LogP contribution in [0.2, 0.25) is 0 Å². The molecule has 1 unspecified atom stereocenters. The molecule has 0 saturated carbocycles. The second-order valence-electron chi connectivity index (χ2n) is 5.54. The standard InChI is InChI=1S/C15H20N2O3S/c1-11-5-6-12(20-11)15-17(14(19)10-21-15)9-3-8-16-7-2-4-13(16)18/h5-6,15H,2-4,7-10H2,1H3. The van der Waals surface area contributed by atoms with Crippen molar-refractivity contribution in [3.05, 3.63) is 23.7 Å². The van der Waals surface area contributed by atoms with Crippen molar-refractivity contribution < 1.29 is 14.0 Å². The number of aryl methyl sites for hydroxylation is 1. The highest BCUT2D eigenvalue weighted by Crippen LogP contribution is 2.39. The zero-order valence-electron chi connectivity index (χ0n) is 12.2. The quantitative estimate of drug-likeness (QED) is 0.836. The molecule has 1 aromatic heterocycles. The fraction of sp³-hybridized carbons (Fsp3) is 0.600. The van der Waals surface area contributed by atoms with E-state index >= 15 is 0 Å². The molecule has 0 spiro atoms. The van der Waals surface area contributed by atoms with Gasteiger partial charge in [0, 0.05) is 26.1 Å². The Balaban J connectivity index is 1.57. The molecule has 21 heavy (non-hydrogen) atoms. The highest BCUT2D eigenvalue weighted by molar-refractivity contribution is 8.00. The summed E-state index contributed by atoms with van der Waals surface area (Å²) in [5.41, 5.74) is 0. The average molecular weight is 308 g/mol. The molecule has 0 aromatic carbocycles. The number of hydrogen-bond donors (Lipinski definition) is 0. The van der Waals surface area contributed by atoms with E-state index in [9.17, 15) is 9.59 Å². The van der Waals surface area contributed by atoms with E-state index in [1.165, 1.54) is 0 Å². The Kier molecular flexibility index (Phi) is 4.24. The molecule has 5 nitrogen and oxygen atoms in total. The molecule has 2 saturated heterocycles. The summed E-state index contributed by atoms with van der Waals surface area (Å²) in [6.07, 6.45) is 2.46. The van der Waals surface area contributed by atoms with E-state index < -0.39 is 0 Å². The summed E-state index contributed by atoms with van der Waals surface area (Å²) >= 11 is 1.61. The van der Waals surface area contributed by atoms with Crippen molar-refractivity contribution >= 4 is 23.6 Å². The lowest BCUT2D eigenvalue weighted by Crippen LogP contribution is -2.33. The van der Waals surface area contributed by atoms with Crippen LogP contribution in [0.4, 0.5) is 0 Å². The number of carbonyl (C=O) groups is 2. The number of carbonyl (C=O) groups excluding carboxylic acids is 2. The Morgan fingerprint density at radius 1 is 1.29 bits per heavy atom. The van der Waals surface area contributed by atoms with E-state index in [1.54, 1.807) is 11.8 Å². The molecule has 1 aromatic rings. The molecule has 2 aliphatic rings. The Labute approximate surface area is 128 Å². The number of likely N-dealkylation sites (tertiary alicyclic amines) is 1. The number of hydrogen-bond acceptors (Lipinski definition) is 4. The molecule has 0 bridgehead atoms. The van der Waals surface area contributed by atoms with E-state index in [2.05, 4.69) is 0 Å². The SMILES string of the molecule is Cc1ccc(C2SCC(=O)N2CCCN2CCCC2=O)o1. The minimum absolute atomic E-state index is 0.0134. The van der Waals surface area contributed by atoms with Gasteiger partial charge in [0.05, 0.1) is 5.75 Å². The Morgan fingerprint density at radius 3 is 2.81 bits per heavy atom. The third-order valence-corrected chi connectivity index (χ3v) is 5.19. The van der Waals surface area contributed by atoms with Crippen molar-refractivity contribution in [2.24, 2.45) is 0 Å². The van der Waals surface area contributed by atoms with Gasteiger partial charge in [-0.05, 0) is 31.9 Å². The smallest absolute Gasteiger partial charge is 0.233 e. The van der Waals surface area contributed by atoms with E-state index in [0.29, 0.717) is 18.7 Å². The number of furan rings is 1. The van der Waals surface area contributed by atoms with Crippen LogP contribution in [0, 0.1) is 6.92 Å². The number of nitrogens with zero attached hydrogens (tertiary/aromatic N) is 2. The molecular formula is C15H20N2O3S. The van der Waals surface area contributed by atoms with Gasteiger partial charge in [-0.1, -0.05) is 0 Å². The summed E-state index contributed by atoms with van der Waals surface area (Å²) in [5.74, 6) is 2.63. The van der Waals surface area contributed by atoms with Gasteiger partial charge in [0.1, 0.15) is 16.9 Å². The lowest BCUT2D eigenvalue weighted by atomic mass is 10.3. The molecule has 2 aliphatic heterocycles. The predicted molar refractivity (Wildman–Crippen MR) is 80.8 cm³/mol. The molecule has 0 radical (unpaired) electrons. The van der Waals surface area contributed by atoms with Crippen LogP contribution >= 0.6 is 11.8 Å². The van der Waals surface area contributed by atoms with Gasteiger partial charge in [-0.2, -0.15) is 0 Å². The first-order chi connectivity index (χ1) is 10.1. The van der Waals surface area contributed by atoms with Gasteiger partial charge in [-0.25, -0.2) is 0 Å². The lowest BCUT2D eigenvalue weighted by Gasteiger charge is -2.23. The average Bonchev–Trinajstić information content (AvgIpc) is 3.14. The van der Waals surface area contributed by atoms with Gasteiger partial charge in [-0.3, -0.25) is 9.59 Å². The second-order valence-corrected chi connectivity index (χ2v) is 6.61. The van der Waals surface area contributed by atoms with E-state index in [1.807, 2.05) is 28.9 Å². The highest BCUT2D eigenvalue weighted by atomic mass is 32.2. The van der Waals surface area contributed by atoms with Crippen LogP contribution in [0.15, 0.2) is 16.5 Å². The van der Waals surface area contributed by atoms with E-state index in [4.69, 9.17) is 4.42 Å². The van der Waals surface area contributed by atoms with Gasteiger partial charge in [0.15, 0.2) is 0 Å². The van der Waals surface area contributed by atoms with Crippen molar-refractivity contribution in [3.8, 4) is 0 Å². The zero-order chi connectivity index (χ0) is 14.8. The van der Waals surface area contributed by atoms with Gasteiger partial charge in [-0.15, -0.1) is 11.8 Å². The molecule has 0 aliphatic carbocycles. The highest BCUT2D eigenvalue weighted by Gasteiger charge is 2.34. The monoisotopic (exact) mass is 308 g/mol. The minimum atomic E-state index is -0.0134. The molecular weight excluding hydrogens is 288 g/mol. The van der Waals surface area contributed by atoms with Crippen LogP contribution in [-0.2, 0) is 9.59 Å². The summed E-state index contributed by atoms with van der Waals surface area (Å²) in [4.78, 5) is 27.4. The number of amides is 2. The molecule has 114 valence electrons. The molecule has 6 heteroatoms. The molecule has 3 rings (SSSR count). The maximum absolute atomic E-state index is 12.0. The van der Waals surface area contributed by atoms with Crippen molar-refractivity contribution in [2.75, 3.05) is 25.4 Å². The summed E-state index contributed by atoms with van der Waals surface area (Å²) < 4.78 is 5.66. The molecule has 1 atom stereocenters. The maximum Gasteiger partial charge on any atom is 0.233 e. The van der Waals surface area contributed by atoms with Gasteiger partial charge < -0.3 is 14.2 Å². The Morgan fingerprint density at radius 2 is 2.14 bits per heavy atom. The maximum atomic E-state index is 12.0. The Bertz CT molecular complexity index is 543. The molecule has 2 amide bonds. The van der Waals surface area contributed by atoms with Crippen LogP contribution in [0.25, 0.3) is 0 Å². The summed E-state index contributed by atoms with van der Waals surface area (Å²) in [6, 6.07) is 3.88. The van der Waals surface area contributed by atoms with Crippen molar-refractivity contribution in [3.63, 3.8) is 0 Å². The minimum Gasteiger partial charge on any atom is -0.463 e. The van der Waals surface area contributed by atoms with Gasteiger partial charge >= 0.3 is 0 Å². The van der Waals surface area contributed by atoms with Crippen LogP contribution in [0.5, 0.6) is 0 Å². The van der Waals surface area contributed by atoms with Crippen LogP contribution in [0.3, 0.4) is 0 Å². The third-order valence-electron chi connectivity index (χ3n) is 3.97. The lowest BCUT2D eigenvalue weighted by molar-refractivity contribution is -0.128. The first kappa shape index (κ1) is 14.5. The number of rotatable bonds is 5. The third kappa shape index (κ3) is 3.10. The predicted octanol–water partition coefficient (Wildman–Crippen LogP) is 2.17. The number of thioether (sulfide) groups is 1. The molecule has 0 N–H and O–H groups in total. The zero-order valence-corrected chi connectivity index (χ0v) is 13.0. The van der Waals surface area contributed by atoms with Crippen LogP contribution < -0.4 is 0 Å². The molecule has 3 heterocycles. The first-order valence-corrected chi connectivity index (χ1v) is 8.45. The summed E-state index contributed by atoms with van der Waals surface area (Å²) in [6.45, 7) is 4.20. The fourth-order valence-electron chi connectivity index (χ4n) is 2.89. The summed E-state index contributed by atoms with van der Waals surface area (Å²) in [5, 5.41) is -0.0134. The van der Waals surface area contributed by atoms with Gasteiger partial charge in [0.25, 0.3) is 0 Å². The first-order valence-electron chi connectivity index (χ1n) is 7.40. The van der Waals surface area contributed by atoms with Crippen molar-refractivity contribution in [2.45, 2.75) is 31.6 Å². The Hall–Kier alpha value is -1.43. The van der Waals surface area contributed by atoms with E-state index in [0.717, 1.165) is 37.5 Å². The van der Waals surface area contributed by atoms with Crippen molar-refractivity contribution in [1.82, 2.24) is 9.80 Å². The van der Waals surface area contributed by atoms with E-state index in [-0.39, 0.29) is 17.2 Å². The second kappa shape index (κ2) is 6.13. The van der Waals surface area contributed by atoms with Crippen LogP contribution in [-0.4, -0.2) is 47.0 Å². The van der Waals surface area contributed by atoms with Crippen molar-refractivity contribution in [1.29, 1.82) is 0 Å². The topological polar surface area (TPSA) is 53.8 Å². The molecule has 2 fully saturated rings. The van der Waals surface area contributed by atoms with Gasteiger partial charge in [0.2, 0.25) is 11.8 Å². The fourth-order valence-corrected chi connectivity index (χ4v) is 4.05. The largest absolute Gasteiger partial charge is 0.463 e. The van der Waals surface area contributed by atoms with Crippen LogP contribution in [0.1, 0.15) is 36.2 Å². The normalized spacial score (nSPS) is 22.6. The summed E-state index contributed by atoms with van der Waals surface area (Å²) in [7, 11) is 0.